The molecule has 1 N–H and O–H groups in total. The number of benzene rings is 1. The number of aryl methyl sites for hydroxylation is 1. The zero-order valence-electron chi connectivity index (χ0n) is 16.9. The Bertz CT molecular complexity index is 985. The molecule has 154 valence electrons. The first-order valence-corrected chi connectivity index (χ1v) is 10.4. The highest BCUT2D eigenvalue weighted by Gasteiger charge is 2.32. The second-order valence-electron chi connectivity index (χ2n) is 7.64. The molecule has 3 aromatic rings. The predicted octanol–water partition coefficient (Wildman–Crippen LogP) is 3.05. The Morgan fingerprint density at radius 2 is 1.90 bits per heavy atom. The molecule has 0 saturated carbocycles. The van der Waals surface area contributed by atoms with E-state index in [1.54, 1.807) is 12.4 Å². The van der Waals surface area contributed by atoms with Crippen LogP contribution in [-0.2, 0) is 24.3 Å². The number of aromatic nitrogens is 2. The predicted molar refractivity (Wildman–Crippen MR) is 115 cm³/mol. The fraction of sp³-hybridized carbons (Fsp3) is 0.292. The lowest BCUT2D eigenvalue weighted by molar-refractivity contribution is -0.121. The summed E-state index contributed by atoms with van der Waals surface area (Å²) in [5.74, 6) is 0.0106. The van der Waals surface area contributed by atoms with Crippen molar-refractivity contribution in [3.05, 3.63) is 90.0 Å². The number of carbonyl (C=O) groups is 2. The zero-order chi connectivity index (χ0) is 20.8. The van der Waals surface area contributed by atoms with E-state index in [0.29, 0.717) is 31.7 Å². The average molecular weight is 402 g/mol. The van der Waals surface area contributed by atoms with Crippen LogP contribution >= 0.6 is 0 Å². The zero-order valence-corrected chi connectivity index (χ0v) is 16.9. The summed E-state index contributed by atoms with van der Waals surface area (Å²) in [5.41, 5.74) is 2.90. The smallest absolute Gasteiger partial charge is 0.271 e. The van der Waals surface area contributed by atoms with Gasteiger partial charge < -0.3 is 14.8 Å². The van der Waals surface area contributed by atoms with Crippen molar-refractivity contribution in [3.8, 4) is 0 Å². The van der Waals surface area contributed by atoms with E-state index in [0.717, 1.165) is 18.4 Å². The second kappa shape index (κ2) is 9.39. The number of carbonyl (C=O) groups excluding carboxylic acids is 2. The Morgan fingerprint density at radius 1 is 1.07 bits per heavy atom. The van der Waals surface area contributed by atoms with E-state index in [1.807, 2.05) is 58.1 Å². The van der Waals surface area contributed by atoms with E-state index in [4.69, 9.17) is 0 Å². The third-order valence-electron chi connectivity index (χ3n) is 5.48. The van der Waals surface area contributed by atoms with E-state index in [-0.39, 0.29) is 17.9 Å². The van der Waals surface area contributed by atoms with Gasteiger partial charge >= 0.3 is 0 Å². The summed E-state index contributed by atoms with van der Waals surface area (Å²) in [5, 5.41) is 3.04. The number of fused-ring (bicyclic) bond motifs is 1. The summed E-state index contributed by atoms with van der Waals surface area (Å²) in [6.45, 7) is 1.58. The van der Waals surface area contributed by atoms with Gasteiger partial charge in [0.05, 0.1) is 6.04 Å². The average Bonchev–Trinajstić information content (AvgIpc) is 3.25. The van der Waals surface area contributed by atoms with Crippen molar-refractivity contribution in [2.24, 2.45) is 0 Å². The molecule has 0 radical (unpaired) electrons. The molecule has 4 rings (SSSR count). The maximum Gasteiger partial charge on any atom is 0.271 e. The molecule has 3 heterocycles. The van der Waals surface area contributed by atoms with Crippen molar-refractivity contribution in [2.75, 3.05) is 6.54 Å². The van der Waals surface area contributed by atoms with Crippen LogP contribution in [0, 0.1) is 0 Å². The molecular weight excluding hydrogens is 376 g/mol. The lowest BCUT2D eigenvalue weighted by atomic mass is 10.1. The number of pyridine rings is 1. The molecule has 1 unspecified atom stereocenters. The number of nitrogens with one attached hydrogen (secondary N) is 1. The summed E-state index contributed by atoms with van der Waals surface area (Å²) in [4.78, 5) is 31.4. The van der Waals surface area contributed by atoms with Gasteiger partial charge in [-0.3, -0.25) is 14.6 Å². The number of hydrogen-bond acceptors (Lipinski definition) is 3. The largest absolute Gasteiger partial charge is 0.354 e. The molecule has 2 aromatic heterocycles. The van der Waals surface area contributed by atoms with E-state index in [2.05, 4.69) is 22.4 Å². The highest BCUT2D eigenvalue weighted by Crippen LogP contribution is 2.20. The van der Waals surface area contributed by atoms with Gasteiger partial charge in [-0.1, -0.05) is 36.4 Å². The van der Waals surface area contributed by atoms with Crippen LogP contribution in [0.3, 0.4) is 0 Å². The molecule has 1 aliphatic rings. The molecule has 1 atom stereocenters. The van der Waals surface area contributed by atoms with Crippen LogP contribution in [0.5, 0.6) is 0 Å². The molecule has 0 bridgehead atoms. The Hall–Kier alpha value is -3.41. The van der Waals surface area contributed by atoms with E-state index < -0.39 is 0 Å². The number of hydrogen-bond donors (Lipinski definition) is 1. The van der Waals surface area contributed by atoms with Gasteiger partial charge in [-0.2, -0.15) is 0 Å². The maximum absolute atomic E-state index is 13.0. The minimum Gasteiger partial charge on any atom is -0.354 e. The van der Waals surface area contributed by atoms with Crippen molar-refractivity contribution in [2.45, 2.75) is 38.4 Å². The molecule has 0 spiro atoms. The molecule has 0 aliphatic carbocycles. The topological polar surface area (TPSA) is 67.2 Å². The minimum absolute atomic E-state index is 0.0153. The molecule has 30 heavy (non-hydrogen) atoms. The second-order valence-corrected chi connectivity index (χ2v) is 7.64. The van der Waals surface area contributed by atoms with Crippen molar-refractivity contribution >= 4 is 11.8 Å². The minimum atomic E-state index is -0.101. The third-order valence-corrected chi connectivity index (χ3v) is 5.48. The molecule has 0 saturated heterocycles. The van der Waals surface area contributed by atoms with Crippen molar-refractivity contribution < 1.29 is 9.59 Å². The fourth-order valence-electron chi connectivity index (χ4n) is 3.89. The summed E-state index contributed by atoms with van der Waals surface area (Å²) in [6, 6.07) is 17.7. The summed E-state index contributed by atoms with van der Waals surface area (Å²) >= 11 is 0. The van der Waals surface area contributed by atoms with E-state index in [9.17, 15) is 9.59 Å². The van der Waals surface area contributed by atoms with E-state index in [1.165, 1.54) is 5.56 Å². The Labute approximate surface area is 176 Å². The molecule has 6 nitrogen and oxygen atoms in total. The Kier molecular flexibility index (Phi) is 6.23. The van der Waals surface area contributed by atoms with Crippen molar-refractivity contribution in [3.63, 3.8) is 0 Å². The summed E-state index contributed by atoms with van der Waals surface area (Å²) in [7, 11) is 0. The third kappa shape index (κ3) is 4.76. The first-order chi connectivity index (χ1) is 14.7. The Balaban J connectivity index is 1.35. The van der Waals surface area contributed by atoms with Gasteiger partial charge in [0.25, 0.3) is 5.91 Å². The SMILES string of the molecule is O=C(CCCc1ccccc1)NCC1Cn2cccc2C(=O)N1Cc1cccnc1. The van der Waals surface area contributed by atoms with Gasteiger partial charge in [-0.25, -0.2) is 0 Å². The molecule has 6 heteroatoms. The van der Waals surface area contributed by atoms with Gasteiger partial charge in [-0.15, -0.1) is 0 Å². The maximum atomic E-state index is 13.0. The highest BCUT2D eigenvalue weighted by molar-refractivity contribution is 5.93. The van der Waals surface area contributed by atoms with Gasteiger partial charge in [0.2, 0.25) is 5.91 Å². The monoisotopic (exact) mass is 402 g/mol. The van der Waals surface area contributed by atoms with Gasteiger partial charge in [0, 0.05) is 44.6 Å². The van der Waals surface area contributed by atoms with Crippen LogP contribution in [0.4, 0.5) is 0 Å². The van der Waals surface area contributed by atoms with E-state index >= 15 is 0 Å². The highest BCUT2D eigenvalue weighted by atomic mass is 16.2. The van der Waals surface area contributed by atoms with Gasteiger partial charge in [0.1, 0.15) is 5.69 Å². The normalized spacial score (nSPS) is 15.7. The quantitative estimate of drug-likeness (QED) is 0.630. The number of amides is 2. The molecule has 0 fully saturated rings. The molecular formula is C24H26N4O2. The van der Waals surface area contributed by atoms with Gasteiger partial charge in [-0.05, 0) is 42.2 Å². The van der Waals surface area contributed by atoms with Crippen LogP contribution in [0.25, 0.3) is 0 Å². The van der Waals surface area contributed by atoms with Crippen LogP contribution < -0.4 is 5.32 Å². The van der Waals surface area contributed by atoms with Crippen LogP contribution in [0.15, 0.2) is 73.2 Å². The van der Waals surface area contributed by atoms with Gasteiger partial charge in [0.15, 0.2) is 0 Å². The van der Waals surface area contributed by atoms with Crippen LogP contribution in [0.1, 0.15) is 34.5 Å². The fourth-order valence-corrected chi connectivity index (χ4v) is 3.89. The number of rotatable bonds is 8. The lowest BCUT2D eigenvalue weighted by Crippen LogP contribution is -2.52. The van der Waals surface area contributed by atoms with Crippen molar-refractivity contribution in [1.29, 1.82) is 0 Å². The molecule has 2 amide bonds. The molecule has 1 aromatic carbocycles. The number of nitrogens with zero attached hydrogens (tertiary/aromatic N) is 3. The van der Waals surface area contributed by atoms with Crippen LogP contribution in [-0.4, -0.2) is 38.9 Å². The summed E-state index contributed by atoms with van der Waals surface area (Å²) < 4.78 is 1.97. The first kappa shape index (κ1) is 19.9. The van der Waals surface area contributed by atoms with Crippen molar-refractivity contribution in [1.82, 2.24) is 19.8 Å². The summed E-state index contributed by atoms with van der Waals surface area (Å²) in [6.07, 6.45) is 7.59. The Morgan fingerprint density at radius 3 is 2.70 bits per heavy atom. The molecule has 1 aliphatic heterocycles. The first-order valence-electron chi connectivity index (χ1n) is 10.4. The standard InChI is InChI=1S/C24H26N4O2/c29-23(12-4-9-19-7-2-1-3-8-19)26-16-21-18-27-14-6-11-22(27)24(30)28(21)17-20-10-5-13-25-15-20/h1-3,5-8,10-11,13-15,21H,4,9,12,16-18H2,(H,26,29). The van der Waals surface area contributed by atoms with Crippen LogP contribution in [0.2, 0.25) is 0 Å². The lowest BCUT2D eigenvalue weighted by Gasteiger charge is -2.36.